The molecule has 0 saturated carbocycles. The Kier molecular flexibility index (Phi) is 4.72. The van der Waals surface area contributed by atoms with Crippen LogP contribution in [-0.4, -0.2) is 38.0 Å². The Morgan fingerprint density at radius 2 is 2.04 bits per heavy atom. The van der Waals surface area contributed by atoms with Crippen molar-refractivity contribution in [3.8, 4) is 0 Å². The standard InChI is InChI=1S/C19H20BN3O2/c1-13-15-8-4-5-9-17(15)23(11-14-7-6-10-18(20)21-14)12-16(13)19(24)22(2)25-3/h4-10,12H,1,11,20H2,2-3H3. The van der Waals surface area contributed by atoms with Gasteiger partial charge in [0.05, 0.1) is 24.9 Å². The van der Waals surface area contributed by atoms with Gasteiger partial charge in [-0.05, 0) is 23.3 Å². The fourth-order valence-corrected chi connectivity index (χ4v) is 2.86. The Bertz CT molecular complexity index is 863. The highest BCUT2D eigenvalue weighted by Crippen LogP contribution is 2.37. The lowest BCUT2D eigenvalue weighted by atomic mass is 9.94. The number of carbonyl (C=O) groups is 1. The molecule has 0 fully saturated rings. The van der Waals surface area contributed by atoms with Crippen molar-refractivity contribution in [1.29, 1.82) is 0 Å². The number of benzene rings is 1. The molecule has 0 spiro atoms. The van der Waals surface area contributed by atoms with E-state index >= 15 is 0 Å². The number of para-hydroxylation sites is 1. The summed E-state index contributed by atoms with van der Waals surface area (Å²) >= 11 is 0. The highest BCUT2D eigenvalue weighted by Gasteiger charge is 2.27. The number of rotatable bonds is 4. The van der Waals surface area contributed by atoms with Gasteiger partial charge in [0.15, 0.2) is 7.85 Å². The van der Waals surface area contributed by atoms with Crippen molar-refractivity contribution in [2.24, 2.45) is 0 Å². The molecule has 0 aliphatic carbocycles. The molecule has 1 aromatic heterocycles. The van der Waals surface area contributed by atoms with E-state index in [4.69, 9.17) is 4.84 Å². The zero-order chi connectivity index (χ0) is 18.0. The number of anilines is 1. The second-order valence-corrected chi connectivity index (χ2v) is 5.92. The summed E-state index contributed by atoms with van der Waals surface area (Å²) in [5.41, 5.74) is 5.05. The number of carbonyl (C=O) groups excluding carboxylic acids is 1. The highest BCUT2D eigenvalue weighted by atomic mass is 16.7. The second kappa shape index (κ2) is 6.95. The van der Waals surface area contributed by atoms with Gasteiger partial charge >= 0.3 is 0 Å². The molecule has 0 saturated heterocycles. The van der Waals surface area contributed by atoms with Crippen molar-refractivity contribution in [3.05, 3.63) is 72.1 Å². The fraction of sp³-hybridized carbons (Fsp3) is 0.158. The van der Waals surface area contributed by atoms with Gasteiger partial charge in [-0.3, -0.25) is 14.6 Å². The van der Waals surface area contributed by atoms with Gasteiger partial charge in [-0.1, -0.05) is 36.9 Å². The molecular formula is C19H20BN3O2. The van der Waals surface area contributed by atoms with Crippen LogP contribution in [-0.2, 0) is 16.2 Å². The maximum atomic E-state index is 12.6. The van der Waals surface area contributed by atoms with Crippen LogP contribution in [0.1, 0.15) is 11.3 Å². The topological polar surface area (TPSA) is 45.7 Å². The summed E-state index contributed by atoms with van der Waals surface area (Å²) in [7, 11) is 5.02. The van der Waals surface area contributed by atoms with Crippen molar-refractivity contribution < 1.29 is 9.63 Å². The molecule has 2 heterocycles. The van der Waals surface area contributed by atoms with Gasteiger partial charge in [-0.15, -0.1) is 0 Å². The second-order valence-electron chi connectivity index (χ2n) is 5.92. The molecule has 126 valence electrons. The maximum absolute atomic E-state index is 12.6. The molecule has 5 nitrogen and oxygen atoms in total. The van der Waals surface area contributed by atoms with Crippen molar-refractivity contribution in [2.45, 2.75) is 6.54 Å². The molecule has 1 amide bonds. The Balaban J connectivity index is 2.02. The minimum absolute atomic E-state index is 0.232. The fourth-order valence-electron chi connectivity index (χ4n) is 2.86. The lowest BCUT2D eigenvalue weighted by molar-refractivity contribution is -0.163. The summed E-state index contributed by atoms with van der Waals surface area (Å²) in [5.74, 6) is -0.232. The number of hydrogen-bond acceptors (Lipinski definition) is 4. The van der Waals surface area contributed by atoms with Crippen molar-refractivity contribution in [1.82, 2.24) is 10.0 Å². The third kappa shape index (κ3) is 3.34. The molecule has 0 radical (unpaired) electrons. The number of nitrogens with zero attached hydrogens (tertiary/aromatic N) is 3. The summed E-state index contributed by atoms with van der Waals surface area (Å²) in [5, 5.41) is 1.20. The van der Waals surface area contributed by atoms with Crippen LogP contribution < -0.4 is 10.5 Å². The largest absolute Gasteiger partial charge is 0.341 e. The lowest BCUT2D eigenvalue weighted by Crippen LogP contribution is -2.31. The van der Waals surface area contributed by atoms with Crippen molar-refractivity contribution >= 4 is 30.6 Å². The molecule has 0 atom stereocenters. The smallest absolute Gasteiger partial charge is 0.279 e. The molecule has 0 N–H and O–H groups in total. The SMILES string of the molecule is Bc1cccc(CN2C=C(C(=O)N(C)OC)C(=C)c3ccccc32)n1. The van der Waals surface area contributed by atoms with Crippen LogP contribution >= 0.6 is 0 Å². The Morgan fingerprint density at radius 1 is 1.28 bits per heavy atom. The van der Waals surface area contributed by atoms with Gasteiger partial charge in [0.2, 0.25) is 0 Å². The van der Waals surface area contributed by atoms with E-state index in [1.54, 1.807) is 7.05 Å². The molecule has 2 aromatic rings. The normalized spacial score (nSPS) is 13.3. The predicted molar refractivity (Wildman–Crippen MR) is 102 cm³/mol. The maximum Gasteiger partial charge on any atom is 0.279 e. The third-order valence-corrected chi connectivity index (χ3v) is 4.22. The number of pyridine rings is 1. The summed E-state index contributed by atoms with van der Waals surface area (Å²) < 4.78 is 0. The van der Waals surface area contributed by atoms with Gasteiger partial charge in [-0.2, -0.15) is 0 Å². The molecule has 1 aliphatic rings. The average molecular weight is 333 g/mol. The van der Waals surface area contributed by atoms with Gasteiger partial charge in [0.1, 0.15) is 0 Å². The van der Waals surface area contributed by atoms with Crippen LogP contribution in [0.2, 0.25) is 0 Å². The minimum atomic E-state index is -0.232. The predicted octanol–water partition coefficient (Wildman–Crippen LogP) is 1.28. The quantitative estimate of drug-likeness (QED) is 0.625. The van der Waals surface area contributed by atoms with Gasteiger partial charge in [0.25, 0.3) is 5.91 Å². The minimum Gasteiger partial charge on any atom is -0.341 e. The number of fused-ring (bicyclic) bond motifs is 1. The summed E-state index contributed by atoms with van der Waals surface area (Å²) in [4.78, 5) is 24.3. The van der Waals surface area contributed by atoms with Gasteiger partial charge < -0.3 is 4.90 Å². The molecule has 3 rings (SSSR count). The third-order valence-electron chi connectivity index (χ3n) is 4.22. The molecule has 6 heteroatoms. The van der Waals surface area contributed by atoms with E-state index in [2.05, 4.69) is 11.6 Å². The molecule has 0 bridgehead atoms. The van der Waals surface area contributed by atoms with E-state index in [0.29, 0.717) is 17.7 Å². The number of hydroxylamine groups is 2. The summed E-state index contributed by atoms with van der Waals surface area (Å²) in [6.07, 6.45) is 1.83. The van der Waals surface area contributed by atoms with E-state index < -0.39 is 0 Å². The Labute approximate surface area is 148 Å². The zero-order valence-corrected chi connectivity index (χ0v) is 14.7. The molecule has 0 unspecified atom stereocenters. The van der Waals surface area contributed by atoms with E-state index in [9.17, 15) is 4.79 Å². The summed E-state index contributed by atoms with van der Waals surface area (Å²) in [6.45, 7) is 4.69. The van der Waals surface area contributed by atoms with Gasteiger partial charge in [-0.25, -0.2) is 5.06 Å². The number of amides is 1. The lowest BCUT2D eigenvalue weighted by Gasteiger charge is -2.31. The van der Waals surface area contributed by atoms with Crippen LogP contribution in [0.15, 0.2) is 60.8 Å². The molecule has 1 aliphatic heterocycles. The van der Waals surface area contributed by atoms with Gasteiger partial charge in [0, 0.05) is 24.5 Å². The highest BCUT2D eigenvalue weighted by molar-refractivity contribution is 6.30. The first-order valence-corrected chi connectivity index (χ1v) is 8.03. The zero-order valence-electron chi connectivity index (χ0n) is 14.7. The van der Waals surface area contributed by atoms with E-state index in [0.717, 1.165) is 22.5 Å². The van der Waals surface area contributed by atoms with Crippen LogP contribution in [0.5, 0.6) is 0 Å². The Hall–Kier alpha value is -2.86. The van der Waals surface area contributed by atoms with E-state index in [-0.39, 0.29) is 5.91 Å². The monoisotopic (exact) mass is 333 g/mol. The average Bonchev–Trinajstić information content (AvgIpc) is 2.63. The van der Waals surface area contributed by atoms with Crippen molar-refractivity contribution in [2.75, 3.05) is 19.1 Å². The molecule has 25 heavy (non-hydrogen) atoms. The van der Waals surface area contributed by atoms with E-state index in [1.165, 1.54) is 12.2 Å². The van der Waals surface area contributed by atoms with Crippen LogP contribution in [0.3, 0.4) is 0 Å². The first-order valence-electron chi connectivity index (χ1n) is 8.03. The molecular weight excluding hydrogens is 313 g/mol. The summed E-state index contributed by atoms with van der Waals surface area (Å²) in [6, 6.07) is 13.9. The number of hydrogen-bond donors (Lipinski definition) is 0. The first-order chi connectivity index (χ1) is 12.0. The number of aromatic nitrogens is 1. The van der Waals surface area contributed by atoms with Crippen molar-refractivity contribution in [3.63, 3.8) is 0 Å². The number of likely N-dealkylation sites (N-methyl/N-ethyl adjacent to an activating group) is 1. The van der Waals surface area contributed by atoms with Crippen LogP contribution in [0.25, 0.3) is 5.57 Å². The van der Waals surface area contributed by atoms with Crippen LogP contribution in [0.4, 0.5) is 5.69 Å². The van der Waals surface area contributed by atoms with Crippen LogP contribution in [0, 0.1) is 0 Å². The van der Waals surface area contributed by atoms with E-state index in [1.807, 2.05) is 61.4 Å². The molecule has 1 aromatic carbocycles. The first kappa shape index (κ1) is 17.0. The Morgan fingerprint density at radius 3 is 2.76 bits per heavy atom.